The number of carboxylic acids is 1. The smallest absolute Gasteiger partial charge is 0.331 e. The summed E-state index contributed by atoms with van der Waals surface area (Å²) in [5, 5.41) is 23.0. The SMILES string of the molecule is CCC(CC)(C(=O)O)n1nnnc1-c1csc(Br)c1. The first-order valence-electron chi connectivity index (χ1n) is 5.81. The number of hydrogen-bond acceptors (Lipinski definition) is 5. The summed E-state index contributed by atoms with van der Waals surface area (Å²) in [4.78, 5) is 11.6. The Morgan fingerprint density at radius 3 is 2.68 bits per heavy atom. The molecule has 19 heavy (non-hydrogen) atoms. The summed E-state index contributed by atoms with van der Waals surface area (Å²) >= 11 is 4.89. The molecule has 2 aromatic heterocycles. The minimum atomic E-state index is -1.10. The highest BCUT2D eigenvalue weighted by Gasteiger charge is 2.40. The lowest BCUT2D eigenvalue weighted by Gasteiger charge is -2.27. The van der Waals surface area contributed by atoms with Crippen molar-refractivity contribution in [2.24, 2.45) is 0 Å². The predicted octanol–water partition coefficient (Wildman–Crippen LogP) is 2.76. The molecular weight excluding hydrogens is 332 g/mol. The van der Waals surface area contributed by atoms with E-state index in [1.807, 2.05) is 25.3 Å². The quantitative estimate of drug-likeness (QED) is 0.901. The van der Waals surface area contributed by atoms with E-state index in [1.54, 1.807) is 0 Å². The van der Waals surface area contributed by atoms with E-state index in [0.29, 0.717) is 18.7 Å². The molecule has 0 unspecified atom stereocenters. The molecule has 0 aliphatic carbocycles. The van der Waals surface area contributed by atoms with Crippen LogP contribution in [0.1, 0.15) is 26.7 Å². The van der Waals surface area contributed by atoms with Crippen LogP contribution in [-0.2, 0) is 10.3 Å². The summed E-state index contributed by atoms with van der Waals surface area (Å²) in [5.41, 5.74) is -0.290. The van der Waals surface area contributed by atoms with Crippen molar-refractivity contribution >= 4 is 33.2 Å². The molecule has 0 radical (unpaired) electrons. The van der Waals surface area contributed by atoms with Gasteiger partial charge in [0.15, 0.2) is 11.4 Å². The third-order valence-corrected chi connectivity index (χ3v) is 4.77. The molecular formula is C11H13BrN4O2S. The van der Waals surface area contributed by atoms with Gasteiger partial charge in [-0.05, 0) is 45.3 Å². The molecule has 0 saturated carbocycles. The fraction of sp³-hybridized carbons (Fsp3) is 0.455. The molecule has 0 atom stereocenters. The minimum absolute atomic E-state index is 0.419. The highest BCUT2D eigenvalue weighted by molar-refractivity contribution is 9.11. The molecule has 0 amide bonds. The zero-order valence-electron chi connectivity index (χ0n) is 10.5. The maximum absolute atomic E-state index is 11.6. The lowest BCUT2D eigenvalue weighted by atomic mass is 9.93. The monoisotopic (exact) mass is 344 g/mol. The number of hydrogen-bond donors (Lipinski definition) is 1. The fourth-order valence-corrected chi connectivity index (χ4v) is 3.16. The molecule has 0 fully saturated rings. The van der Waals surface area contributed by atoms with E-state index in [4.69, 9.17) is 0 Å². The summed E-state index contributed by atoms with van der Waals surface area (Å²) in [7, 11) is 0. The number of aliphatic carboxylic acids is 1. The van der Waals surface area contributed by atoms with Gasteiger partial charge in [0.1, 0.15) is 0 Å². The second kappa shape index (κ2) is 5.38. The summed E-state index contributed by atoms with van der Waals surface area (Å²) in [5.74, 6) is -0.437. The van der Waals surface area contributed by atoms with Gasteiger partial charge in [-0.25, -0.2) is 9.48 Å². The molecule has 102 valence electrons. The van der Waals surface area contributed by atoms with E-state index in [9.17, 15) is 9.90 Å². The number of thiophene rings is 1. The summed E-state index contributed by atoms with van der Waals surface area (Å²) in [6.07, 6.45) is 0.838. The number of rotatable bonds is 5. The summed E-state index contributed by atoms with van der Waals surface area (Å²) in [6, 6.07) is 1.88. The van der Waals surface area contributed by atoms with Crippen molar-refractivity contribution in [3.8, 4) is 11.4 Å². The van der Waals surface area contributed by atoms with Crippen LogP contribution in [0.3, 0.4) is 0 Å². The lowest BCUT2D eigenvalue weighted by Crippen LogP contribution is -2.42. The fourth-order valence-electron chi connectivity index (χ4n) is 2.03. The Balaban J connectivity index is 2.57. The second-order valence-electron chi connectivity index (χ2n) is 4.10. The third kappa shape index (κ3) is 2.30. The standard InChI is InChI=1S/C11H13BrN4O2S/c1-3-11(4-2,10(17)18)16-9(13-14-15-16)7-5-8(12)19-6-7/h5-6H,3-4H2,1-2H3,(H,17,18). The second-order valence-corrected chi connectivity index (χ2v) is 6.39. The van der Waals surface area contributed by atoms with Gasteiger partial charge in [-0.2, -0.15) is 0 Å². The van der Waals surface area contributed by atoms with Crippen LogP contribution < -0.4 is 0 Å². The van der Waals surface area contributed by atoms with E-state index in [2.05, 4.69) is 31.5 Å². The average molecular weight is 345 g/mol. The van der Waals surface area contributed by atoms with Crippen molar-refractivity contribution < 1.29 is 9.90 Å². The number of carboxylic acid groups (broad SMARTS) is 1. The first kappa shape index (κ1) is 14.1. The molecule has 0 bridgehead atoms. The van der Waals surface area contributed by atoms with Gasteiger partial charge in [0, 0.05) is 10.9 Å². The van der Waals surface area contributed by atoms with Gasteiger partial charge in [0.05, 0.1) is 3.79 Å². The van der Waals surface area contributed by atoms with Gasteiger partial charge in [-0.15, -0.1) is 16.4 Å². The Hall–Kier alpha value is -1.28. The topological polar surface area (TPSA) is 80.9 Å². The third-order valence-electron chi connectivity index (χ3n) is 3.27. The molecule has 0 saturated heterocycles. The molecule has 2 aromatic rings. The molecule has 2 heterocycles. The van der Waals surface area contributed by atoms with Crippen LogP contribution in [0.2, 0.25) is 0 Å². The first-order chi connectivity index (χ1) is 9.05. The lowest BCUT2D eigenvalue weighted by molar-refractivity contribution is -0.148. The molecule has 2 rings (SSSR count). The zero-order valence-corrected chi connectivity index (χ0v) is 12.9. The minimum Gasteiger partial charge on any atom is -0.479 e. The van der Waals surface area contributed by atoms with Crippen LogP contribution in [0, 0.1) is 0 Å². The number of nitrogens with zero attached hydrogens (tertiary/aromatic N) is 4. The largest absolute Gasteiger partial charge is 0.479 e. The van der Waals surface area contributed by atoms with Gasteiger partial charge in [-0.1, -0.05) is 13.8 Å². The first-order valence-corrected chi connectivity index (χ1v) is 7.49. The molecule has 1 N–H and O–H groups in total. The Bertz CT molecular complexity index is 591. The van der Waals surface area contributed by atoms with Crippen LogP contribution >= 0.6 is 27.3 Å². The van der Waals surface area contributed by atoms with Crippen molar-refractivity contribution in [3.63, 3.8) is 0 Å². The molecule has 0 aromatic carbocycles. The highest BCUT2D eigenvalue weighted by atomic mass is 79.9. The van der Waals surface area contributed by atoms with Crippen LogP contribution in [0.15, 0.2) is 15.2 Å². The van der Waals surface area contributed by atoms with Crippen molar-refractivity contribution in [2.45, 2.75) is 32.2 Å². The van der Waals surface area contributed by atoms with Crippen molar-refractivity contribution in [1.29, 1.82) is 0 Å². The average Bonchev–Trinajstić information content (AvgIpc) is 3.00. The molecule has 0 aliphatic heterocycles. The summed E-state index contributed by atoms with van der Waals surface area (Å²) < 4.78 is 2.37. The molecule has 0 spiro atoms. The van der Waals surface area contributed by atoms with Gasteiger partial charge in [0.25, 0.3) is 0 Å². The van der Waals surface area contributed by atoms with Crippen molar-refractivity contribution in [2.75, 3.05) is 0 Å². The predicted molar refractivity (Wildman–Crippen MR) is 75.0 cm³/mol. The van der Waals surface area contributed by atoms with E-state index in [1.165, 1.54) is 16.0 Å². The van der Waals surface area contributed by atoms with E-state index < -0.39 is 11.5 Å². The molecule has 8 heteroatoms. The van der Waals surface area contributed by atoms with Gasteiger partial charge >= 0.3 is 5.97 Å². The van der Waals surface area contributed by atoms with Gasteiger partial charge in [0.2, 0.25) is 0 Å². The Morgan fingerprint density at radius 2 is 2.21 bits per heavy atom. The highest BCUT2D eigenvalue weighted by Crippen LogP contribution is 2.32. The summed E-state index contributed by atoms with van der Waals surface area (Å²) in [6.45, 7) is 3.65. The van der Waals surface area contributed by atoms with Crippen LogP contribution in [0.25, 0.3) is 11.4 Å². The Morgan fingerprint density at radius 1 is 1.53 bits per heavy atom. The number of carbonyl (C=O) groups is 1. The Labute approximate surface area is 122 Å². The zero-order chi connectivity index (χ0) is 14.0. The maximum Gasteiger partial charge on any atom is 0.331 e. The number of tetrazole rings is 1. The van der Waals surface area contributed by atoms with E-state index in [0.717, 1.165) is 9.35 Å². The normalized spacial score (nSPS) is 11.7. The van der Waals surface area contributed by atoms with Crippen molar-refractivity contribution in [3.05, 3.63) is 15.2 Å². The number of halogens is 1. The van der Waals surface area contributed by atoms with E-state index >= 15 is 0 Å². The number of aromatic nitrogens is 4. The van der Waals surface area contributed by atoms with E-state index in [-0.39, 0.29) is 0 Å². The van der Waals surface area contributed by atoms with Crippen LogP contribution in [-0.4, -0.2) is 31.3 Å². The Kier molecular flexibility index (Phi) is 4.00. The van der Waals surface area contributed by atoms with Gasteiger partial charge in [-0.3, -0.25) is 0 Å². The molecule has 0 aliphatic rings. The maximum atomic E-state index is 11.6. The van der Waals surface area contributed by atoms with Crippen molar-refractivity contribution in [1.82, 2.24) is 20.2 Å². The molecule has 6 nitrogen and oxygen atoms in total. The van der Waals surface area contributed by atoms with Crippen LogP contribution in [0.5, 0.6) is 0 Å². The van der Waals surface area contributed by atoms with Gasteiger partial charge < -0.3 is 5.11 Å². The van der Waals surface area contributed by atoms with Crippen LogP contribution in [0.4, 0.5) is 0 Å².